The number of nitrogens with zero attached hydrogens (tertiary/aromatic N) is 1. The highest BCUT2D eigenvalue weighted by molar-refractivity contribution is 6.00. The summed E-state index contributed by atoms with van der Waals surface area (Å²) in [5.41, 5.74) is 1.69. The lowest BCUT2D eigenvalue weighted by molar-refractivity contribution is -0.143. The lowest BCUT2D eigenvalue weighted by atomic mass is 9.98. The topological polar surface area (TPSA) is 119 Å². The summed E-state index contributed by atoms with van der Waals surface area (Å²) >= 11 is 0. The third kappa shape index (κ3) is 7.02. The van der Waals surface area contributed by atoms with E-state index in [4.69, 9.17) is 4.74 Å². The molecule has 4 N–H and O–H groups in total. The summed E-state index contributed by atoms with van der Waals surface area (Å²) in [5.74, 6) is -1.85. The van der Waals surface area contributed by atoms with Gasteiger partial charge in [-0.05, 0) is 64.2 Å². The predicted octanol–water partition coefficient (Wildman–Crippen LogP) is 5.84. The Hall–Kier alpha value is -4.87. The van der Waals surface area contributed by atoms with Gasteiger partial charge in [0.05, 0.1) is 23.9 Å². The average Bonchev–Trinajstić information content (AvgIpc) is 2.96. The number of hydrogen-bond acceptors (Lipinski definition) is 7. The number of amides is 1. The maximum Gasteiger partial charge on any atom is 0.416 e. The molecule has 0 aromatic heterocycles. The summed E-state index contributed by atoms with van der Waals surface area (Å²) < 4.78 is 44.1. The number of aromatic hydroxyl groups is 1. The normalized spacial score (nSPS) is 12.0. The first kappa shape index (κ1) is 29.1. The number of alkyl halides is 3. The Balaban J connectivity index is 1.54. The molecule has 0 unspecified atom stereocenters. The second-order valence-corrected chi connectivity index (χ2v) is 9.10. The van der Waals surface area contributed by atoms with Gasteiger partial charge in [-0.25, -0.2) is 4.79 Å². The van der Waals surface area contributed by atoms with Gasteiger partial charge in [-0.1, -0.05) is 54.6 Å². The van der Waals surface area contributed by atoms with E-state index < -0.39 is 29.7 Å². The molecule has 11 heteroatoms. The van der Waals surface area contributed by atoms with E-state index in [0.717, 1.165) is 19.2 Å². The van der Waals surface area contributed by atoms with Crippen molar-refractivity contribution in [2.45, 2.75) is 18.6 Å². The van der Waals surface area contributed by atoms with Gasteiger partial charge < -0.3 is 15.2 Å². The molecule has 0 saturated carbocycles. The number of anilines is 1. The highest BCUT2D eigenvalue weighted by Gasteiger charge is 2.30. The zero-order valence-electron chi connectivity index (χ0n) is 21.6. The van der Waals surface area contributed by atoms with Crippen LogP contribution in [-0.4, -0.2) is 40.5 Å². The number of methoxy groups -OCH3 is 1. The van der Waals surface area contributed by atoms with Gasteiger partial charge in [0.2, 0.25) is 0 Å². The van der Waals surface area contributed by atoms with Crippen LogP contribution < -0.4 is 10.5 Å². The van der Waals surface area contributed by atoms with Crippen LogP contribution >= 0.6 is 0 Å². The van der Waals surface area contributed by atoms with Gasteiger partial charge in [0.25, 0.3) is 5.91 Å². The molecule has 0 spiro atoms. The number of phenols is 1. The van der Waals surface area contributed by atoms with Crippen molar-refractivity contribution < 1.29 is 43.0 Å². The second-order valence-electron chi connectivity index (χ2n) is 9.10. The number of benzene rings is 4. The molecule has 0 fully saturated rings. The van der Waals surface area contributed by atoms with E-state index in [2.05, 4.69) is 5.32 Å². The van der Waals surface area contributed by atoms with Crippen LogP contribution in [0.25, 0.3) is 22.3 Å². The van der Waals surface area contributed by atoms with Crippen LogP contribution in [0.4, 0.5) is 18.9 Å². The van der Waals surface area contributed by atoms with Gasteiger partial charge in [0.1, 0.15) is 11.8 Å². The molecule has 1 atom stereocenters. The van der Waals surface area contributed by atoms with E-state index in [0.29, 0.717) is 27.8 Å². The smallest absolute Gasteiger partial charge is 0.416 e. The van der Waals surface area contributed by atoms with Crippen molar-refractivity contribution in [3.63, 3.8) is 0 Å². The highest BCUT2D eigenvalue weighted by Crippen LogP contribution is 2.32. The fraction of sp³-hybridized carbons (Fsp3) is 0.133. The number of carbonyl (C=O) groups excluding carboxylic acids is 2. The molecule has 8 nitrogen and oxygen atoms in total. The lowest BCUT2D eigenvalue weighted by Gasteiger charge is -2.18. The van der Waals surface area contributed by atoms with Gasteiger partial charge in [-0.2, -0.15) is 13.2 Å². The first-order valence-corrected chi connectivity index (χ1v) is 12.2. The van der Waals surface area contributed by atoms with Crippen LogP contribution in [0.3, 0.4) is 0 Å². The quantitative estimate of drug-likeness (QED) is 0.156. The number of nitrogens with one attached hydrogen (secondary N) is 1. The largest absolute Gasteiger partial charge is 0.507 e. The Bertz CT molecular complexity index is 1550. The van der Waals surface area contributed by atoms with Crippen molar-refractivity contribution >= 4 is 17.6 Å². The Labute approximate surface area is 232 Å². The fourth-order valence-corrected chi connectivity index (χ4v) is 4.22. The highest BCUT2D eigenvalue weighted by atomic mass is 19.4. The van der Waals surface area contributed by atoms with Crippen LogP contribution in [0, 0.1) is 0 Å². The molecule has 0 heterocycles. The summed E-state index contributed by atoms with van der Waals surface area (Å²) in [5, 5.41) is 31.5. The average molecular weight is 567 g/mol. The van der Waals surface area contributed by atoms with Gasteiger partial charge in [-0.15, -0.1) is 5.23 Å². The summed E-state index contributed by atoms with van der Waals surface area (Å²) in [4.78, 5) is 25.7. The Kier molecular flexibility index (Phi) is 8.60. The predicted molar refractivity (Wildman–Crippen MR) is 143 cm³/mol. The van der Waals surface area contributed by atoms with Crippen LogP contribution in [-0.2, 0) is 22.1 Å². The molecule has 1 amide bonds. The van der Waals surface area contributed by atoms with E-state index >= 15 is 0 Å². The van der Waals surface area contributed by atoms with Crippen LogP contribution in [0.15, 0.2) is 91.0 Å². The molecule has 4 rings (SSSR count). The number of carbonyl (C=O) groups is 2. The number of hydrogen-bond donors (Lipinski definition) is 4. The minimum atomic E-state index is -4.47. The lowest BCUT2D eigenvalue weighted by Crippen LogP contribution is -2.43. The van der Waals surface area contributed by atoms with E-state index in [9.17, 15) is 38.3 Å². The molecule has 41 heavy (non-hydrogen) atoms. The molecular formula is C30H25F3N2O6. The summed E-state index contributed by atoms with van der Waals surface area (Å²) in [7, 11) is 1.16. The number of phenolic OH excluding ortho intramolecular Hbond substituents is 1. The van der Waals surface area contributed by atoms with E-state index in [1.807, 2.05) is 0 Å². The minimum Gasteiger partial charge on any atom is -0.507 e. The maximum atomic E-state index is 13.1. The maximum absolute atomic E-state index is 13.1. The van der Waals surface area contributed by atoms with Crippen LogP contribution in [0.1, 0.15) is 21.5 Å². The number of halogens is 3. The van der Waals surface area contributed by atoms with Gasteiger partial charge in [-0.3, -0.25) is 15.2 Å². The van der Waals surface area contributed by atoms with Crippen molar-refractivity contribution in [1.82, 2.24) is 5.32 Å². The fourth-order valence-electron chi connectivity index (χ4n) is 4.22. The van der Waals surface area contributed by atoms with Gasteiger partial charge in [0, 0.05) is 6.42 Å². The molecule has 4 aromatic carbocycles. The van der Waals surface area contributed by atoms with Crippen molar-refractivity contribution in [2.75, 3.05) is 12.3 Å². The molecule has 0 aliphatic heterocycles. The molecule has 212 valence electrons. The van der Waals surface area contributed by atoms with Gasteiger partial charge >= 0.3 is 12.1 Å². The molecule has 0 saturated heterocycles. The molecule has 4 aromatic rings. The van der Waals surface area contributed by atoms with Crippen molar-refractivity contribution in [2.24, 2.45) is 0 Å². The van der Waals surface area contributed by atoms with Crippen molar-refractivity contribution in [3.8, 4) is 28.0 Å². The van der Waals surface area contributed by atoms with E-state index in [-0.39, 0.29) is 28.6 Å². The molecule has 0 radical (unpaired) electrons. The van der Waals surface area contributed by atoms with E-state index in [1.165, 1.54) is 36.4 Å². The van der Waals surface area contributed by atoms with Gasteiger partial charge in [0.15, 0.2) is 0 Å². The van der Waals surface area contributed by atoms with Crippen LogP contribution in [0.5, 0.6) is 5.75 Å². The SMILES string of the molecule is COC(=O)[C@H](Cc1ccc(-c2cccc(C(F)(F)F)c2)cc1)NC(=O)c1cc(-c2cccc(N(O)O)c2)ccc1O. The van der Waals surface area contributed by atoms with Crippen molar-refractivity contribution in [3.05, 3.63) is 108 Å². The Morgan fingerprint density at radius 2 is 1.46 bits per heavy atom. The second kappa shape index (κ2) is 12.1. The standard InChI is InChI=1S/C30H25F3N2O6/c1-41-29(38)26(14-18-8-10-19(11-9-18)20-4-2-6-23(15-20)30(31,32)33)34-28(37)25-17-22(12-13-27(25)36)21-5-3-7-24(16-21)35(39)40/h2-13,15-17,26,36,39-40H,14H2,1H3,(H,34,37)/t26-/m0/s1. The van der Waals surface area contributed by atoms with Crippen molar-refractivity contribution in [1.29, 1.82) is 0 Å². The Morgan fingerprint density at radius 1 is 0.854 bits per heavy atom. The number of ether oxygens (including phenoxy) is 1. The molecule has 0 aliphatic carbocycles. The molecular weight excluding hydrogens is 541 g/mol. The molecule has 0 bridgehead atoms. The summed E-state index contributed by atoms with van der Waals surface area (Å²) in [6, 6.07) is 20.6. The first-order valence-electron chi connectivity index (χ1n) is 12.2. The van der Waals surface area contributed by atoms with Crippen LogP contribution in [0.2, 0.25) is 0 Å². The first-order chi connectivity index (χ1) is 19.5. The third-order valence-electron chi connectivity index (χ3n) is 6.36. The zero-order chi connectivity index (χ0) is 29.7. The minimum absolute atomic E-state index is 0.00656. The number of esters is 1. The molecule has 0 aliphatic rings. The monoisotopic (exact) mass is 566 g/mol. The number of rotatable bonds is 8. The zero-order valence-corrected chi connectivity index (χ0v) is 21.6. The Morgan fingerprint density at radius 3 is 2.10 bits per heavy atom. The van der Waals surface area contributed by atoms with E-state index in [1.54, 1.807) is 42.5 Å². The third-order valence-corrected chi connectivity index (χ3v) is 6.36. The summed E-state index contributed by atoms with van der Waals surface area (Å²) in [6.45, 7) is 0. The summed E-state index contributed by atoms with van der Waals surface area (Å²) in [6.07, 6.45) is -4.47.